The lowest BCUT2D eigenvalue weighted by Gasteiger charge is -2.41. The van der Waals surface area contributed by atoms with Crippen LogP contribution in [-0.4, -0.2) is 61.0 Å². The van der Waals surface area contributed by atoms with Crippen LogP contribution in [0.4, 0.5) is 0 Å². The minimum Gasteiger partial charge on any atom is -0.481 e. The zero-order valence-electron chi connectivity index (χ0n) is 10.5. The normalized spacial score (nSPS) is 26.0. The number of hydrogen-bond acceptors (Lipinski definition) is 4. The van der Waals surface area contributed by atoms with Crippen molar-refractivity contribution in [3.63, 3.8) is 0 Å². The molecular formula is C12H23NO4. The van der Waals surface area contributed by atoms with Crippen molar-refractivity contribution < 1.29 is 19.7 Å². The molecule has 0 spiro atoms. The molecule has 0 radical (unpaired) electrons. The molecule has 0 aliphatic carbocycles. The van der Waals surface area contributed by atoms with Crippen molar-refractivity contribution >= 4 is 5.97 Å². The third kappa shape index (κ3) is 4.61. The molecule has 0 aromatic carbocycles. The van der Waals surface area contributed by atoms with Crippen LogP contribution >= 0.6 is 0 Å². The highest BCUT2D eigenvalue weighted by atomic mass is 16.5. The average molecular weight is 245 g/mol. The number of piperidine rings is 1. The maximum absolute atomic E-state index is 10.5. The molecule has 1 heterocycles. The first-order chi connectivity index (χ1) is 8.12. The number of aliphatic hydroxyl groups excluding tert-OH is 1. The van der Waals surface area contributed by atoms with Gasteiger partial charge in [0, 0.05) is 32.2 Å². The number of carboxylic acids is 1. The summed E-state index contributed by atoms with van der Waals surface area (Å²) < 4.78 is 5.08. The molecule has 17 heavy (non-hydrogen) atoms. The minimum absolute atomic E-state index is 0.104. The van der Waals surface area contributed by atoms with E-state index in [1.54, 1.807) is 7.11 Å². The van der Waals surface area contributed by atoms with Crippen molar-refractivity contribution in [1.82, 2.24) is 4.90 Å². The molecule has 0 bridgehead atoms. The van der Waals surface area contributed by atoms with Crippen LogP contribution < -0.4 is 0 Å². The lowest BCUT2D eigenvalue weighted by atomic mass is 9.78. The van der Waals surface area contributed by atoms with E-state index in [4.69, 9.17) is 9.84 Å². The second-order valence-electron chi connectivity index (χ2n) is 4.92. The van der Waals surface area contributed by atoms with E-state index >= 15 is 0 Å². The van der Waals surface area contributed by atoms with Gasteiger partial charge in [-0.3, -0.25) is 4.79 Å². The SMILES string of the molecule is COCC[C@]1(CO)CCCN(CCC(=O)O)C1. The number of methoxy groups -OCH3 is 1. The molecule has 1 rings (SSSR count). The van der Waals surface area contributed by atoms with Gasteiger partial charge < -0.3 is 19.8 Å². The van der Waals surface area contributed by atoms with E-state index in [2.05, 4.69) is 4.90 Å². The van der Waals surface area contributed by atoms with E-state index in [1.807, 2.05) is 0 Å². The predicted octanol–water partition coefficient (Wildman–Crippen LogP) is 0.572. The first kappa shape index (κ1) is 14.4. The van der Waals surface area contributed by atoms with Crippen molar-refractivity contribution in [2.45, 2.75) is 25.7 Å². The van der Waals surface area contributed by atoms with E-state index in [1.165, 1.54) is 0 Å². The van der Waals surface area contributed by atoms with E-state index in [0.717, 1.165) is 32.4 Å². The summed E-state index contributed by atoms with van der Waals surface area (Å²) in [6.45, 7) is 3.08. The highest BCUT2D eigenvalue weighted by Crippen LogP contribution is 2.33. The predicted molar refractivity (Wildman–Crippen MR) is 63.9 cm³/mol. The molecule has 0 aromatic rings. The summed E-state index contributed by atoms with van der Waals surface area (Å²) in [5, 5.41) is 18.2. The van der Waals surface area contributed by atoms with Gasteiger partial charge in [-0.05, 0) is 25.8 Å². The molecule has 5 heteroatoms. The van der Waals surface area contributed by atoms with Crippen LogP contribution in [-0.2, 0) is 9.53 Å². The summed E-state index contributed by atoms with van der Waals surface area (Å²) in [6.07, 6.45) is 3.02. The van der Waals surface area contributed by atoms with Crippen molar-refractivity contribution in [2.24, 2.45) is 5.41 Å². The largest absolute Gasteiger partial charge is 0.481 e. The van der Waals surface area contributed by atoms with Crippen LogP contribution in [0.3, 0.4) is 0 Å². The quantitative estimate of drug-likeness (QED) is 0.686. The van der Waals surface area contributed by atoms with Gasteiger partial charge in [0.05, 0.1) is 13.0 Å². The summed E-state index contributed by atoms with van der Waals surface area (Å²) in [7, 11) is 1.66. The molecule has 0 aromatic heterocycles. The maximum atomic E-state index is 10.5. The zero-order chi connectivity index (χ0) is 12.7. The Bertz CT molecular complexity index is 247. The van der Waals surface area contributed by atoms with Crippen LogP contribution in [0, 0.1) is 5.41 Å². The fourth-order valence-corrected chi connectivity index (χ4v) is 2.49. The fourth-order valence-electron chi connectivity index (χ4n) is 2.49. The maximum Gasteiger partial charge on any atom is 0.304 e. The molecule has 100 valence electrons. The second-order valence-corrected chi connectivity index (χ2v) is 4.92. The Morgan fingerprint density at radius 1 is 1.53 bits per heavy atom. The number of hydrogen-bond donors (Lipinski definition) is 2. The van der Waals surface area contributed by atoms with E-state index in [9.17, 15) is 9.90 Å². The number of ether oxygens (including phenoxy) is 1. The minimum atomic E-state index is -0.762. The Morgan fingerprint density at radius 3 is 2.88 bits per heavy atom. The van der Waals surface area contributed by atoms with Crippen molar-refractivity contribution in [1.29, 1.82) is 0 Å². The number of aliphatic carboxylic acids is 1. The van der Waals surface area contributed by atoms with Gasteiger partial charge in [0.15, 0.2) is 0 Å². The molecule has 0 unspecified atom stereocenters. The Balaban J connectivity index is 2.46. The van der Waals surface area contributed by atoms with Crippen molar-refractivity contribution in [3.8, 4) is 0 Å². The average Bonchev–Trinajstić information content (AvgIpc) is 2.34. The van der Waals surface area contributed by atoms with E-state index in [-0.39, 0.29) is 18.4 Å². The van der Waals surface area contributed by atoms with Crippen LogP contribution in [0.25, 0.3) is 0 Å². The van der Waals surface area contributed by atoms with Crippen LogP contribution in [0.1, 0.15) is 25.7 Å². The molecule has 1 aliphatic rings. The first-order valence-corrected chi connectivity index (χ1v) is 6.16. The number of carboxylic acid groups (broad SMARTS) is 1. The molecule has 1 saturated heterocycles. The molecule has 2 N–H and O–H groups in total. The third-order valence-corrected chi connectivity index (χ3v) is 3.55. The molecule has 0 amide bonds. The van der Waals surface area contributed by atoms with E-state index < -0.39 is 5.97 Å². The Kier molecular flexibility index (Phi) is 5.88. The number of nitrogens with zero attached hydrogens (tertiary/aromatic N) is 1. The van der Waals surface area contributed by atoms with Gasteiger partial charge in [0.1, 0.15) is 0 Å². The van der Waals surface area contributed by atoms with Gasteiger partial charge in [-0.25, -0.2) is 0 Å². The number of aliphatic hydroxyl groups is 1. The molecule has 1 aliphatic heterocycles. The first-order valence-electron chi connectivity index (χ1n) is 6.16. The second kappa shape index (κ2) is 6.93. The summed E-state index contributed by atoms with van der Waals surface area (Å²) in [6, 6.07) is 0. The molecule has 5 nitrogen and oxygen atoms in total. The molecule has 1 fully saturated rings. The fraction of sp³-hybridized carbons (Fsp3) is 0.917. The summed E-state index contributed by atoms with van der Waals surface area (Å²) in [5.74, 6) is -0.762. The molecule has 1 atom stereocenters. The smallest absolute Gasteiger partial charge is 0.304 e. The number of likely N-dealkylation sites (tertiary alicyclic amines) is 1. The number of rotatable bonds is 7. The highest BCUT2D eigenvalue weighted by Gasteiger charge is 2.34. The summed E-state index contributed by atoms with van der Waals surface area (Å²) in [4.78, 5) is 12.7. The standard InChI is InChI=1S/C12H23NO4/c1-17-8-5-12(10-14)4-2-6-13(9-12)7-3-11(15)16/h14H,2-10H2,1H3,(H,15,16)/t12-/m1/s1. The highest BCUT2D eigenvalue weighted by molar-refractivity contribution is 5.66. The number of carbonyl (C=O) groups is 1. The van der Waals surface area contributed by atoms with Gasteiger partial charge in [-0.15, -0.1) is 0 Å². The van der Waals surface area contributed by atoms with Gasteiger partial charge >= 0.3 is 5.97 Å². The van der Waals surface area contributed by atoms with Crippen LogP contribution in [0.2, 0.25) is 0 Å². The lowest BCUT2D eigenvalue weighted by molar-refractivity contribution is -0.137. The Morgan fingerprint density at radius 2 is 2.29 bits per heavy atom. The lowest BCUT2D eigenvalue weighted by Crippen LogP contribution is -2.46. The molecular weight excluding hydrogens is 222 g/mol. The van der Waals surface area contributed by atoms with Gasteiger partial charge in [-0.2, -0.15) is 0 Å². The van der Waals surface area contributed by atoms with E-state index in [0.29, 0.717) is 13.2 Å². The molecule has 0 saturated carbocycles. The Hall–Kier alpha value is -0.650. The topological polar surface area (TPSA) is 70.0 Å². The van der Waals surface area contributed by atoms with Crippen molar-refractivity contribution in [3.05, 3.63) is 0 Å². The zero-order valence-corrected chi connectivity index (χ0v) is 10.5. The van der Waals surface area contributed by atoms with Crippen molar-refractivity contribution in [2.75, 3.05) is 40.0 Å². The summed E-state index contributed by atoms with van der Waals surface area (Å²) >= 11 is 0. The monoisotopic (exact) mass is 245 g/mol. The van der Waals surface area contributed by atoms with Gasteiger partial charge in [-0.1, -0.05) is 0 Å². The van der Waals surface area contributed by atoms with Crippen LogP contribution in [0.5, 0.6) is 0 Å². The van der Waals surface area contributed by atoms with Gasteiger partial charge in [0.2, 0.25) is 0 Å². The summed E-state index contributed by atoms with van der Waals surface area (Å²) in [5.41, 5.74) is -0.104. The van der Waals surface area contributed by atoms with Crippen LogP contribution in [0.15, 0.2) is 0 Å². The Labute approximate surface area is 102 Å². The van der Waals surface area contributed by atoms with Gasteiger partial charge in [0.25, 0.3) is 0 Å². The third-order valence-electron chi connectivity index (χ3n) is 3.55.